The maximum atomic E-state index is 13.3. The van der Waals surface area contributed by atoms with Crippen LogP contribution in [0.15, 0.2) is 28.7 Å². The van der Waals surface area contributed by atoms with E-state index in [1.165, 1.54) is 61.2 Å². The molecule has 0 atom stereocenters. The Labute approximate surface area is 147 Å². The largest absolute Gasteiger partial charge is 0.437 e. The summed E-state index contributed by atoms with van der Waals surface area (Å²) < 4.78 is 21.4. The van der Waals surface area contributed by atoms with Gasteiger partial charge in [-0.05, 0) is 56.5 Å². The summed E-state index contributed by atoms with van der Waals surface area (Å²) >= 11 is 0. The molecule has 3 nitrogen and oxygen atoms in total. The van der Waals surface area contributed by atoms with Crippen molar-refractivity contribution in [2.45, 2.75) is 52.0 Å². The Hall–Kier alpha value is -2.36. The number of aromatic nitrogens is 2. The molecule has 1 aliphatic rings. The molecule has 0 unspecified atom stereocenters. The molecule has 130 valence electrons. The molecular weight excluding hydrogens is 315 g/mol. The highest BCUT2D eigenvalue weighted by atomic mass is 19.1. The van der Waals surface area contributed by atoms with Gasteiger partial charge in [-0.2, -0.15) is 0 Å². The third kappa shape index (κ3) is 3.13. The molecule has 2 heterocycles. The van der Waals surface area contributed by atoms with Crippen LogP contribution in [0.2, 0.25) is 0 Å². The Bertz CT molecular complexity index is 929. The van der Waals surface area contributed by atoms with Crippen molar-refractivity contribution in [3.05, 3.63) is 52.9 Å². The minimum Gasteiger partial charge on any atom is -0.437 e. The number of rotatable bonds is 3. The summed E-state index contributed by atoms with van der Waals surface area (Å²) in [5, 5.41) is 0. The van der Waals surface area contributed by atoms with E-state index in [9.17, 15) is 4.39 Å². The fourth-order valence-corrected chi connectivity index (χ4v) is 4.02. The Morgan fingerprint density at radius 1 is 1.12 bits per heavy atom. The molecule has 0 spiro atoms. The van der Waals surface area contributed by atoms with Crippen LogP contribution < -0.4 is 0 Å². The molecule has 0 N–H and O–H groups in total. The first-order valence-electron chi connectivity index (χ1n) is 9.04. The molecule has 1 saturated carbocycles. The molecule has 0 bridgehead atoms. The number of hydrogen-bond donors (Lipinski definition) is 0. The summed E-state index contributed by atoms with van der Waals surface area (Å²) in [6.45, 7) is 4.36. The van der Waals surface area contributed by atoms with Gasteiger partial charge in [0.25, 0.3) is 0 Å². The fraction of sp³-hybridized carbons (Fsp3) is 0.381. The van der Waals surface area contributed by atoms with E-state index in [1.54, 1.807) is 6.07 Å². The number of fused-ring (bicyclic) bond motifs is 1. The molecule has 0 aliphatic heterocycles. The van der Waals surface area contributed by atoms with Crippen LogP contribution in [0.3, 0.4) is 0 Å². The lowest BCUT2D eigenvalue weighted by atomic mass is 9.95. The summed E-state index contributed by atoms with van der Waals surface area (Å²) in [5.41, 5.74) is 4.95. The van der Waals surface area contributed by atoms with Crippen LogP contribution in [-0.2, 0) is 0 Å². The van der Waals surface area contributed by atoms with E-state index in [4.69, 9.17) is 4.42 Å². The average molecular weight is 338 g/mol. The molecule has 1 aliphatic carbocycles. The highest BCUT2D eigenvalue weighted by Crippen LogP contribution is 2.32. The Kier molecular flexibility index (Phi) is 4.20. The van der Waals surface area contributed by atoms with Crippen LogP contribution in [0, 0.1) is 19.7 Å². The maximum absolute atomic E-state index is 13.3. The summed E-state index contributed by atoms with van der Waals surface area (Å²) in [6, 6.07) is 7.25. The van der Waals surface area contributed by atoms with Gasteiger partial charge in [0.2, 0.25) is 5.89 Å². The molecule has 25 heavy (non-hydrogen) atoms. The van der Waals surface area contributed by atoms with Gasteiger partial charge in [0.1, 0.15) is 11.3 Å². The zero-order chi connectivity index (χ0) is 17.4. The summed E-state index contributed by atoms with van der Waals surface area (Å²) in [4.78, 5) is 4.34. The number of aryl methyl sites for hydroxylation is 1. The molecule has 4 rings (SSSR count). The summed E-state index contributed by atoms with van der Waals surface area (Å²) in [7, 11) is 0. The minimum absolute atomic E-state index is 0.299. The zero-order valence-electron chi connectivity index (χ0n) is 14.8. The van der Waals surface area contributed by atoms with E-state index in [0.717, 1.165) is 0 Å². The first-order valence-corrected chi connectivity index (χ1v) is 9.04. The minimum atomic E-state index is -0.299. The second-order valence-electron chi connectivity index (χ2n) is 6.99. The van der Waals surface area contributed by atoms with Crippen molar-refractivity contribution < 1.29 is 8.81 Å². The SMILES string of the molecule is Cc1cc(/C=C/c2nc3cc(F)ccc3o2)c(C)n1C1CCCCC1. The van der Waals surface area contributed by atoms with Crippen LogP contribution in [0.5, 0.6) is 0 Å². The molecule has 0 amide bonds. The van der Waals surface area contributed by atoms with Crippen LogP contribution in [0.25, 0.3) is 23.3 Å². The second-order valence-corrected chi connectivity index (χ2v) is 6.99. The van der Waals surface area contributed by atoms with E-state index in [-0.39, 0.29) is 5.82 Å². The molecule has 0 saturated heterocycles. The van der Waals surface area contributed by atoms with E-state index in [2.05, 4.69) is 29.5 Å². The van der Waals surface area contributed by atoms with Crippen molar-refractivity contribution in [3.8, 4) is 0 Å². The lowest BCUT2D eigenvalue weighted by Gasteiger charge is -2.26. The predicted octanol–water partition coefficient (Wildman–Crippen LogP) is 6.06. The fourth-order valence-electron chi connectivity index (χ4n) is 4.02. The quantitative estimate of drug-likeness (QED) is 0.581. The molecule has 1 fully saturated rings. The summed E-state index contributed by atoms with van der Waals surface area (Å²) in [5.74, 6) is 0.204. The Morgan fingerprint density at radius 2 is 1.92 bits per heavy atom. The highest BCUT2D eigenvalue weighted by molar-refractivity contribution is 5.76. The van der Waals surface area contributed by atoms with Gasteiger partial charge in [-0.15, -0.1) is 0 Å². The number of halogens is 1. The van der Waals surface area contributed by atoms with E-state index < -0.39 is 0 Å². The first kappa shape index (κ1) is 16.1. The normalized spacial score (nSPS) is 16.3. The van der Waals surface area contributed by atoms with Gasteiger partial charge < -0.3 is 8.98 Å². The monoisotopic (exact) mass is 338 g/mol. The smallest absolute Gasteiger partial charge is 0.220 e. The van der Waals surface area contributed by atoms with Gasteiger partial charge in [0.15, 0.2) is 5.58 Å². The van der Waals surface area contributed by atoms with Crippen molar-refractivity contribution in [3.63, 3.8) is 0 Å². The number of oxazole rings is 1. The van der Waals surface area contributed by atoms with Gasteiger partial charge in [0.05, 0.1) is 0 Å². The standard InChI is InChI=1S/C21H23FN2O/c1-14-12-16(15(2)24(14)18-6-4-3-5-7-18)8-11-21-23-19-13-17(22)9-10-20(19)25-21/h8-13,18H,3-7H2,1-2H3/b11-8+. The predicted molar refractivity (Wildman–Crippen MR) is 98.9 cm³/mol. The van der Waals surface area contributed by atoms with Crippen LogP contribution in [-0.4, -0.2) is 9.55 Å². The lowest BCUT2D eigenvalue weighted by Crippen LogP contribution is -2.15. The van der Waals surface area contributed by atoms with Gasteiger partial charge in [-0.3, -0.25) is 0 Å². The molecule has 0 radical (unpaired) electrons. The number of benzene rings is 1. The summed E-state index contributed by atoms with van der Waals surface area (Å²) in [6.07, 6.45) is 10.5. The average Bonchev–Trinajstić information content (AvgIpc) is 3.13. The Balaban J connectivity index is 1.62. The van der Waals surface area contributed by atoms with Crippen molar-refractivity contribution >= 4 is 23.3 Å². The Morgan fingerprint density at radius 3 is 2.72 bits per heavy atom. The van der Waals surface area contributed by atoms with Gasteiger partial charge >= 0.3 is 0 Å². The van der Waals surface area contributed by atoms with Crippen molar-refractivity contribution in [2.75, 3.05) is 0 Å². The first-order chi connectivity index (χ1) is 12.1. The lowest BCUT2D eigenvalue weighted by molar-refractivity contribution is 0.346. The molecular formula is C21H23FN2O. The third-order valence-corrected chi connectivity index (χ3v) is 5.23. The zero-order valence-corrected chi connectivity index (χ0v) is 14.8. The van der Waals surface area contributed by atoms with Gasteiger partial charge in [-0.1, -0.05) is 19.3 Å². The molecule has 4 heteroatoms. The van der Waals surface area contributed by atoms with Crippen molar-refractivity contribution in [2.24, 2.45) is 0 Å². The highest BCUT2D eigenvalue weighted by Gasteiger charge is 2.19. The number of nitrogens with zero attached hydrogens (tertiary/aromatic N) is 2. The van der Waals surface area contributed by atoms with Crippen molar-refractivity contribution in [1.82, 2.24) is 9.55 Å². The second kappa shape index (κ2) is 6.51. The number of hydrogen-bond acceptors (Lipinski definition) is 2. The molecule has 1 aromatic carbocycles. The van der Waals surface area contributed by atoms with Crippen molar-refractivity contribution in [1.29, 1.82) is 0 Å². The van der Waals surface area contributed by atoms with Gasteiger partial charge in [-0.25, -0.2) is 9.37 Å². The van der Waals surface area contributed by atoms with Crippen LogP contribution in [0.1, 0.15) is 61.0 Å². The van der Waals surface area contributed by atoms with E-state index in [0.29, 0.717) is 23.0 Å². The van der Waals surface area contributed by atoms with Gasteiger partial charge in [0, 0.05) is 29.6 Å². The molecule has 2 aromatic heterocycles. The van der Waals surface area contributed by atoms with Crippen LogP contribution in [0.4, 0.5) is 4.39 Å². The van der Waals surface area contributed by atoms with E-state index in [1.807, 2.05) is 12.2 Å². The van der Waals surface area contributed by atoms with E-state index >= 15 is 0 Å². The maximum Gasteiger partial charge on any atom is 0.220 e. The third-order valence-electron chi connectivity index (χ3n) is 5.23. The van der Waals surface area contributed by atoms with Crippen LogP contribution >= 0.6 is 0 Å². The topological polar surface area (TPSA) is 31.0 Å². The molecule has 3 aromatic rings.